The fraction of sp³-hybridized carbons (Fsp3) is 0.455. The zero-order valence-corrected chi connectivity index (χ0v) is 16.8. The van der Waals surface area contributed by atoms with Gasteiger partial charge in [0.25, 0.3) is 0 Å². The molecule has 0 saturated heterocycles. The molecule has 3 nitrogen and oxygen atoms in total. The van der Waals surface area contributed by atoms with Crippen LogP contribution in [0.15, 0.2) is 47.4 Å². The van der Waals surface area contributed by atoms with Crippen molar-refractivity contribution in [3.63, 3.8) is 0 Å². The van der Waals surface area contributed by atoms with E-state index in [9.17, 15) is 5.11 Å². The molecule has 0 bridgehead atoms. The number of rotatable bonds is 6. The Morgan fingerprint density at radius 3 is 2.65 bits per heavy atom. The molecule has 1 heterocycles. The Morgan fingerprint density at radius 1 is 1.23 bits per heavy atom. The Kier molecular flexibility index (Phi) is 6.15. The average molecular weight is 372 g/mol. The molecule has 1 atom stereocenters. The third-order valence-corrected chi connectivity index (χ3v) is 6.62. The molecule has 2 aromatic carbocycles. The molecule has 2 aromatic rings. The molecular weight excluding hydrogens is 342 g/mol. The number of nitrogens with zero attached hydrogens (tertiary/aromatic N) is 1. The second kappa shape index (κ2) is 8.36. The van der Waals surface area contributed by atoms with E-state index in [2.05, 4.69) is 61.2 Å². The Labute approximate surface area is 161 Å². The second-order valence-corrected chi connectivity index (χ2v) is 8.43. The number of aliphatic hydroxyl groups excluding tert-OH is 1. The van der Waals surface area contributed by atoms with Crippen molar-refractivity contribution in [2.45, 2.75) is 44.6 Å². The summed E-state index contributed by atoms with van der Waals surface area (Å²) in [6.45, 7) is 5.64. The van der Waals surface area contributed by atoms with Crippen molar-refractivity contribution < 1.29 is 9.84 Å². The smallest absolute Gasteiger partial charge is 0.126 e. The minimum Gasteiger partial charge on any atom is -0.496 e. The van der Waals surface area contributed by atoms with E-state index in [0.717, 1.165) is 23.6 Å². The van der Waals surface area contributed by atoms with Crippen molar-refractivity contribution in [3.05, 3.63) is 48.0 Å². The monoisotopic (exact) mass is 371 g/mol. The number of unbranched alkanes of at least 4 members (excludes halogenated alkanes) is 1. The van der Waals surface area contributed by atoms with Gasteiger partial charge in [-0.15, -0.1) is 11.8 Å². The predicted octanol–water partition coefficient (Wildman–Crippen LogP) is 5.63. The number of fused-ring (bicyclic) bond motifs is 1. The van der Waals surface area contributed by atoms with Gasteiger partial charge < -0.3 is 14.7 Å². The highest BCUT2D eigenvalue weighted by Gasteiger charge is 2.33. The molecule has 0 fully saturated rings. The molecule has 0 aromatic heterocycles. The van der Waals surface area contributed by atoms with Crippen LogP contribution in [-0.4, -0.2) is 24.5 Å². The first-order valence-corrected chi connectivity index (χ1v) is 10.4. The molecule has 1 aliphatic rings. The molecular formula is C22H29NO2S. The minimum atomic E-state index is -0.00451. The number of aliphatic hydroxyl groups is 1. The van der Waals surface area contributed by atoms with Crippen LogP contribution in [0.25, 0.3) is 0 Å². The van der Waals surface area contributed by atoms with Gasteiger partial charge in [-0.05, 0) is 30.0 Å². The number of para-hydroxylation sites is 1. The maximum Gasteiger partial charge on any atom is 0.126 e. The third-order valence-electron chi connectivity index (χ3n) is 5.14. The molecule has 140 valence electrons. The lowest BCUT2D eigenvalue weighted by Gasteiger charge is -2.34. The Hall–Kier alpha value is -1.65. The highest BCUT2D eigenvalue weighted by molar-refractivity contribution is 7.99. The van der Waals surface area contributed by atoms with Gasteiger partial charge >= 0.3 is 0 Å². The number of hydrogen-bond acceptors (Lipinski definition) is 4. The summed E-state index contributed by atoms with van der Waals surface area (Å²) >= 11 is 1.91. The highest BCUT2D eigenvalue weighted by atomic mass is 32.2. The van der Waals surface area contributed by atoms with Gasteiger partial charge in [0.2, 0.25) is 0 Å². The van der Waals surface area contributed by atoms with Crippen LogP contribution >= 0.6 is 11.8 Å². The number of anilines is 2. The second-order valence-electron chi connectivity index (χ2n) is 7.41. The molecule has 1 aliphatic heterocycles. The summed E-state index contributed by atoms with van der Waals surface area (Å²) in [5.41, 5.74) is 3.47. The van der Waals surface area contributed by atoms with Crippen molar-refractivity contribution in [1.82, 2.24) is 0 Å². The molecule has 0 aliphatic carbocycles. The topological polar surface area (TPSA) is 32.7 Å². The maximum absolute atomic E-state index is 9.72. The first kappa shape index (κ1) is 19.1. The van der Waals surface area contributed by atoms with Gasteiger partial charge in [0.05, 0.1) is 19.4 Å². The number of hydrogen-bond donors (Lipinski definition) is 1. The van der Waals surface area contributed by atoms with Crippen molar-refractivity contribution in [2.24, 2.45) is 5.41 Å². The fourth-order valence-electron chi connectivity index (χ4n) is 3.59. The first-order chi connectivity index (χ1) is 12.6. The van der Waals surface area contributed by atoms with Crippen LogP contribution in [-0.2, 0) is 6.61 Å². The van der Waals surface area contributed by atoms with Crippen molar-refractivity contribution >= 4 is 23.1 Å². The Balaban J connectivity index is 2.08. The van der Waals surface area contributed by atoms with E-state index in [-0.39, 0.29) is 12.0 Å². The lowest BCUT2D eigenvalue weighted by molar-refractivity contribution is 0.273. The summed E-state index contributed by atoms with van der Waals surface area (Å²) in [6.07, 6.45) is 3.69. The summed E-state index contributed by atoms with van der Waals surface area (Å²) in [5.74, 6) is 1.84. The summed E-state index contributed by atoms with van der Waals surface area (Å²) in [4.78, 5) is 3.65. The first-order valence-electron chi connectivity index (χ1n) is 9.37. The molecule has 3 rings (SSSR count). The van der Waals surface area contributed by atoms with E-state index >= 15 is 0 Å². The SMILES string of the molecule is CCCCC1(C)CSc2cc(CO)c(OC)cc2N(c2ccccc2)C1. The van der Waals surface area contributed by atoms with Gasteiger partial charge in [0.15, 0.2) is 0 Å². The van der Waals surface area contributed by atoms with Crippen LogP contribution in [0.2, 0.25) is 0 Å². The van der Waals surface area contributed by atoms with Gasteiger partial charge in [-0.2, -0.15) is 0 Å². The summed E-state index contributed by atoms with van der Waals surface area (Å²) in [7, 11) is 1.67. The van der Waals surface area contributed by atoms with Crippen LogP contribution in [0.1, 0.15) is 38.7 Å². The maximum atomic E-state index is 9.72. The predicted molar refractivity (Wildman–Crippen MR) is 111 cm³/mol. The number of methoxy groups -OCH3 is 1. The van der Waals surface area contributed by atoms with E-state index in [1.54, 1.807) is 7.11 Å². The van der Waals surface area contributed by atoms with Gasteiger partial charge in [-0.3, -0.25) is 0 Å². The molecule has 0 radical (unpaired) electrons. The number of benzene rings is 2. The van der Waals surface area contributed by atoms with Gasteiger partial charge in [-0.1, -0.05) is 44.9 Å². The Morgan fingerprint density at radius 2 is 2.00 bits per heavy atom. The lowest BCUT2D eigenvalue weighted by atomic mass is 9.86. The van der Waals surface area contributed by atoms with Crippen LogP contribution in [0.5, 0.6) is 5.75 Å². The van der Waals surface area contributed by atoms with Crippen LogP contribution in [0.4, 0.5) is 11.4 Å². The largest absolute Gasteiger partial charge is 0.496 e. The standard InChI is InChI=1S/C22H29NO2S/c1-4-5-11-22(2)15-23(18-9-7-6-8-10-18)19-13-20(25-3)17(14-24)12-21(19)26-16-22/h6-10,12-13,24H,4-5,11,14-16H2,1-3H3. The molecule has 0 amide bonds. The lowest BCUT2D eigenvalue weighted by Crippen LogP contribution is -2.33. The van der Waals surface area contributed by atoms with Gasteiger partial charge in [0, 0.05) is 34.5 Å². The minimum absolute atomic E-state index is 0.00451. The summed E-state index contributed by atoms with van der Waals surface area (Å²) in [5, 5.41) is 9.72. The van der Waals surface area contributed by atoms with Gasteiger partial charge in [0.1, 0.15) is 5.75 Å². The normalized spacial score (nSPS) is 19.8. The van der Waals surface area contributed by atoms with E-state index in [4.69, 9.17) is 4.74 Å². The van der Waals surface area contributed by atoms with E-state index in [0.29, 0.717) is 0 Å². The van der Waals surface area contributed by atoms with Crippen molar-refractivity contribution in [1.29, 1.82) is 0 Å². The molecule has 26 heavy (non-hydrogen) atoms. The molecule has 1 N–H and O–H groups in total. The molecule has 4 heteroatoms. The number of ether oxygens (including phenoxy) is 1. The van der Waals surface area contributed by atoms with Crippen LogP contribution in [0, 0.1) is 5.41 Å². The fourth-order valence-corrected chi connectivity index (χ4v) is 4.87. The quantitative estimate of drug-likeness (QED) is 0.713. The summed E-state index contributed by atoms with van der Waals surface area (Å²) < 4.78 is 5.55. The zero-order valence-electron chi connectivity index (χ0n) is 16.0. The number of thioether (sulfide) groups is 1. The van der Waals surface area contributed by atoms with Crippen LogP contribution < -0.4 is 9.64 Å². The zero-order chi connectivity index (χ0) is 18.6. The average Bonchev–Trinajstić information content (AvgIpc) is 2.83. The highest BCUT2D eigenvalue weighted by Crippen LogP contribution is 2.47. The van der Waals surface area contributed by atoms with E-state index in [1.807, 2.05) is 11.8 Å². The van der Waals surface area contributed by atoms with E-state index < -0.39 is 0 Å². The van der Waals surface area contributed by atoms with Gasteiger partial charge in [-0.25, -0.2) is 0 Å². The summed E-state index contributed by atoms with van der Waals surface area (Å²) in [6, 6.07) is 14.8. The van der Waals surface area contributed by atoms with Crippen molar-refractivity contribution in [3.8, 4) is 5.75 Å². The molecule has 0 spiro atoms. The molecule has 0 saturated carbocycles. The van der Waals surface area contributed by atoms with E-state index in [1.165, 1.54) is 35.5 Å². The molecule has 1 unspecified atom stereocenters. The van der Waals surface area contributed by atoms with Crippen LogP contribution in [0.3, 0.4) is 0 Å². The van der Waals surface area contributed by atoms with Crippen molar-refractivity contribution in [2.75, 3.05) is 24.3 Å². The Bertz CT molecular complexity index is 734. The third kappa shape index (κ3) is 4.02.